The van der Waals surface area contributed by atoms with E-state index in [2.05, 4.69) is 4.72 Å². The Morgan fingerprint density at radius 1 is 1.11 bits per heavy atom. The zero-order valence-corrected chi connectivity index (χ0v) is 14.9. The second-order valence-electron chi connectivity index (χ2n) is 5.25. The SMILES string of the molecule is CCOC(=O)COc1ccc(S(=O)(=O)Nc2cccc(C(F)(F)F)c2)cc1. The summed E-state index contributed by atoms with van der Waals surface area (Å²) in [5.41, 5.74) is -1.18. The monoisotopic (exact) mass is 403 g/mol. The molecule has 0 saturated heterocycles. The van der Waals surface area contributed by atoms with Gasteiger partial charge in [-0.3, -0.25) is 4.72 Å². The number of hydrogen-bond acceptors (Lipinski definition) is 5. The second-order valence-corrected chi connectivity index (χ2v) is 6.93. The standard InChI is InChI=1S/C17H16F3NO5S/c1-2-25-16(22)11-26-14-6-8-15(9-7-14)27(23,24)21-13-5-3-4-12(10-13)17(18,19)20/h3-10,21H,2,11H2,1H3. The minimum atomic E-state index is -4.58. The lowest BCUT2D eigenvalue weighted by Crippen LogP contribution is -2.15. The van der Waals surface area contributed by atoms with Gasteiger partial charge in [-0.05, 0) is 49.4 Å². The van der Waals surface area contributed by atoms with Crippen LogP contribution in [-0.4, -0.2) is 27.6 Å². The third kappa shape index (κ3) is 5.88. The number of alkyl halides is 3. The van der Waals surface area contributed by atoms with Crippen molar-refractivity contribution in [2.24, 2.45) is 0 Å². The van der Waals surface area contributed by atoms with Gasteiger partial charge in [0.25, 0.3) is 10.0 Å². The van der Waals surface area contributed by atoms with E-state index >= 15 is 0 Å². The van der Waals surface area contributed by atoms with Gasteiger partial charge >= 0.3 is 12.1 Å². The number of hydrogen-bond donors (Lipinski definition) is 1. The quantitative estimate of drug-likeness (QED) is 0.716. The van der Waals surface area contributed by atoms with Crippen molar-refractivity contribution in [1.29, 1.82) is 0 Å². The Balaban J connectivity index is 2.10. The summed E-state index contributed by atoms with van der Waals surface area (Å²) in [5.74, 6) is -0.332. The van der Waals surface area contributed by atoms with Gasteiger partial charge in [0.1, 0.15) is 5.75 Å². The van der Waals surface area contributed by atoms with Crippen molar-refractivity contribution >= 4 is 21.7 Å². The fourth-order valence-electron chi connectivity index (χ4n) is 2.03. The Kier molecular flexibility index (Phi) is 6.32. The van der Waals surface area contributed by atoms with Crippen LogP contribution in [0.2, 0.25) is 0 Å². The van der Waals surface area contributed by atoms with Gasteiger partial charge in [0.15, 0.2) is 6.61 Å². The number of carbonyl (C=O) groups excluding carboxylic acids is 1. The van der Waals surface area contributed by atoms with Crippen LogP contribution in [0.25, 0.3) is 0 Å². The van der Waals surface area contributed by atoms with Crippen molar-refractivity contribution < 1.29 is 35.9 Å². The maximum Gasteiger partial charge on any atom is 0.416 e. The summed E-state index contributed by atoms with van der Waals surface area (Å²) in [6.45, 7) is 1.53. The van der Waals surface area contributed by atoms with Gasteiger partial charge in [-0.2, -0.15) is 13.2 Å². The first kappa shape index (κ1) is 20.6. The van der Waals surface area contributed by atoms with E-state index in [1.807, 2.05) is 0 Å². The molecule has 1 N–H and O–H groups in total. The molecule has 6 nitrogen and oxygen atoms in total. The Morgan fingerprint density at radius 3 is 2.37 bits per heavy atom. The van der Waals surface area contributed by atoms with Gasteiger partial charge in [-0.15, -0.1) is 0 Å². The molecule has 0 amide bonds. The van der Waals surface area contributed by atoms with Crippen molar-refractivity contribution in [1.82, 2.24) is 0 Å². The second kappa shape index (κ2) is 8.30. The lowest BCUT2D eigenvalue weighted by Gasteiger charge is -2.12. The normalized spacial score (nSPS) is 11.7. The highest BCUT2D eigenvalue weighted by atomic mass is 32.2. The van der Waals surface area contributed by atoms with E-state index in [0.717, 1.165) is 12.1 Å². The molecule has 0 saturated carbocycles. The summed E-state index contributed by atoms with van der Waals surface area (Å²) in [4.78, 5) is 11.0. The molecule has 0 aliphatic rings. The lowest BCUT2D eigenvalue weighted by molar-refractivity contribution is -0.145. The van der Waals surface area contributed by atoms with Crippen LogP contribution in [0.15, 0.2) is 53.4 Å². The number of anilines is 1. The smallest absolute Gasteiger partial charge is 0.416 e. The van der Waals surface area contributed by atoms with Crippen molar-refractivity contribution in [3.63, 3.8) is 0 Å². The molecule has 0 aliphatic carbocycles. The van der Waals surface area contributed by atoms with Crippen molar-refractivity contribution in [3.8, 4) is 5.75 Å². The van der Waals surface area contributed by atoms with Gasteiger partial charge < -0.3 is 9.47 Å². The molecule has 0 bridgehead atoms. The van der Waals surface area contributed by atoms with E-state index in [0.29, 0.717) is 6.07 Å². The van der Waals surface area contributed by atoms with Crippen LogP contribution < -0.4 is 9.46 Å². The van der Waals surface area contributed by atoms with E-state index in [1.165, 1.54) is 30.3 Å². The summed E-state index contributed by atoms with van der Waals surface area (Å²) in [7, 11) is -4.10. The molecule has 0 atom stereocenters. The minimum absolute atomic E-state index is 0.177. The van der Waals surface area contributed by atoms with Gasteiger partial charge in [0, 0.05) is 5.69 Å². The van der Waals surface area contributed by atoms with Crippen molar-refractivity contribution in [2.75, 3.05) is 17.9 Å². The molecule has 2 aromatic rings. The number of nitrogens with one attached hydrogen (secondary N) is 1. The predicted molar refractivity (Wildman–Crippen MR) is 90.8 cm³/mol. The fraction of sp³-hybridized carbons (Fsp3) is 0.235. The Bertz CT molecular complexity index is 896. The van der Waals surface area contributed by atoms with Gasteiger partial charge in [-0.25, -0.2) is 13.2 Å². The van der Waals surface area contributed by atoms with Crippen LogP contribution >= 0.6 is 0 Å². The van der Waals surface area contributed by atoms with Crippen molar-refractivity contribution in [3.05, 3.63) is 54.1 Å². The number of benzene rings is 2. The number of sulfonamides is 1. The highest BCUT2D eigenvalue weighted by Gasteiger charge is 2.30. The largest absolute Gasteiger partial charge is 0.482 e. The zero-order valence-electron chi connectivity index (χ0n) is 14.1. The number of esters is 1. The summed E-state index contributed by atoms with van der Waals surface area (Å²) >= 11 is 0. The first-order valence-corrected chi connectivity index (χ1v) is 9.18. The summed E-state index contributed by atoms with van der Waals surface area (Å²) in [6.07, 6.45) is -4.58. The molecule has 2 aromatic carbocycles. The van der Waals surface area contributed by atoms with Crippen LogP contribution in [-0.2, 0) is 25.7 Å². The van der Waals surface area contributed by atoms with E-state index in [-0.39, 0.29) is 29.5 Å². The first-order valence-electron chi connectivity index (χ1n) is 7.70. The van der Waals surface area contributed by atoms with Gasteiger partial charge in [-0.1, -0.05) is 6.07 Å². The Labute approximate surface area is 154 Å². The molecule has 0 heterocycles. The maximum absolute atomic E-state index is 12.7. The third-order valence-corrected chi connectivity index (χ3v) is 4.64. The third-order valence-electron chi connectivity index (χ3n) is 3.24. The molecular formula is C17H16F3NO5S. The van der Waals surface area contributed by atoms with Crippen LogP contribution in [0, 0.1) is 0 Å². The topological polar surface area (TPSA) is 81.7 Å². The van der Waals surface area contributed by atoms with Crippen molar-refractivity contribution in [2.45, 2.75) is 18.0 Å². The Hall–Kier alpha value is -2.75. The van der Waals surface area contributed by atoms with Crippen LogP contribution in [0.3, 0.4) is 0 Å². The lowest BCUT2D eigenvalue weighted by atomic mass is 10.2. The number of carbonyl (C=O) groups is 1. The Morgan fingerprint density at radius 2 is 1.78 bits per heavy atom. The number of halogens is 3. The van der Waals surface area contributed by atoms with Crippen LogP contribution in [0.1, 0.15) is 12.5 Å². The average Bonchev–Trinajstić information content (AvgIpc) is 2.60. The van der Waals surface area contributed by atoms with E-state index in [4.69, 9.17) is 9.47 Å². The molecule has 0 aromatic heterocycles. The zero-order chi connectivity index (χ0) is 20.1. The molecule has 0 radical (unpaired) electrons. The molecular weight excluding hydrogens is 387 g/mol. The number of ether oxygens (including phenoxy) is 2. The highest BCUT2D eigenvalue weighted by Crippen LogP contribution is 2.31. The minimum Gasteiger partial charge on any atom is -0.482 e. The van der Waals surface area contributed by atoms with E-state index in [1.54, 1.807) is 6.92 Å². The number of rotatable bonds is 7. The average molecular weight is 403 g/mol. The molecule has 27 heavy (non-hydrogen) atoms. The summed E-state index contributed by atoms with van der Waals surface area (Å²) < 4.78 is 74.7. The van der Waals surface area contributed by atoms with Gasteiger partial charge in [0.2, 0.25) is 0 Å². The maximum atomic E-state index is 12.7. The summed E-state index contributed by atoms with van der Waals surface area (Å²) in [6, 6.07) is 8.91. The molecule has 0 aliphatic heterocycles. The molecule has 2 rings (SSSR count). The van der Waals surface area contributed by atoms with Crippen LogP contribution in [0.4, 0.5) is 18.9 Å². The van der Waals surface area contributed by atoms with E-state index < -0.39 is 27.7 Å². The van der Waals surface area contributed by atoms with Gasteiger partial charge in [0.05, 0.1) is 17.1 Å². The van der Waals surface area contributed by atoms with E-state index in [9.17, 15) is 26.4 Å². The molecule has 10 heteroatoms. The molecule has 0 spiro atoms. The molecule has 0 unspecified atom stereocenters. The van der Waals surface area contributed by atoms with Crippen LogP contribution in [0.5, 0.6) is 5.75 Å². The summed E-state index contributed by atoms with van der Waals surface area (Å²) in [5, 5.41) is 0. The molecule has 146 valence electrons. The molecule has 0 fully saturated rings. The highest BCUT2D eigenvalue weighted by molar-refractivity contribution is 7.92. The fourth-order valence-corrected chi connectivity index (χ4v) is 3.08. The first-order chi connectivity index (χ1) is 12.6. The predicted octanol–water partition coefficient (Wildman–Crippen LogP) is 3.45.